The van der Waals surface area contributed by atoms with E-state index >= 15 is 0 Å². The maximum absolute atomic E-state index is 12.8. The first kappa shape index (κ1) is 15.9. The lowest BCUT2D eigenvalue weighted by molar-refractivity contribution is 0.247. The topological polar surface area (TPSA) is 63.4 Å². The molecule has 1 saturated carbocycles. The summed E-state index contributed by atoms with van der Waals surface area (Å²) in [5, 5.41) is 0. The first-order valence-electron chi connectivity index (χ1n) is 6.98. The summed E-state index contributed by atoms with van der Waals surface area (Å²) in [4.78, 5) is 0.351. The molecule has 0 saturated heterocycles. The van der Waals surface area contributed by atoms with Crippen LogP contribution in [0.4, 0.5) is 0 Å². The summed E-state index contributed by atoms with van der Waals surface area (Å²) in [6.45, 7) is 2.39. The van der Waals surface area contributed by atoms with Crippen molar-refractivity contribution >= 4 is 26.0 Å². The Morgan fingerprint density at radius 3 is 2.50 bits per heavy atom. The van der Waals surface area contributed by atoms with Crippen LogP contribution in [0.1, 0.15) is 32.6 Å². The molecule has 2 rings (SSSR count). The Morgan fingerprint density at radius 1 is 1.30 bits per heavy atom. The van der Waals surface area contributed by atoms with E-state index in [0.717, 1.165) is 30.2 Å². The van der Waals surface area contributed by atoms with Crippen LogP contribution in [0.5, 0.6) is 0 Å². The Balaban J connectivity index is 2.26. The molecule has 0 heterocycles. The highest BCUT2D eigenvalue weighted by Gasteiger charge is 2.32. The van der Waals surface area contributed by atoms with Crippen molar-refractivity contribution in [1.82, 2.24) is 4.31 Å². The Kier molecular flexibility index (Phi) is 5.23. The lowest BCUT2D eigenvalue weighted by Gasteiger charge is -2.34. The average molecular weight is 361 g/mol. The van der Waals surface area contributed by atoms with Crippen molar-refractivity contribution in [3.8, 4) is 0 Å². The normalized spacial score (nSPS) is 24.0. The van der Waals surface area contributed by atoms with Gasteiger partial charge in [-0.15, -0.1) is 0 Å². The van der Waals surface area contributed by atoms with Crippen molar-refractivity contribution in [3.63, 3.8) is 0 Å². The van der Waals surface area contributed by atoms with Crippen molar-refractivity contribution < 1.29 is 8.42 Å². The van der Waals surface area contributed by atoms with E-state index in [1.54, 1.807) is 22.5 Å². The van der Waals surface area contributed by atoms with E-state index in [4.69, 9.17) is 5.73 Å². The summed E-state index contributed by atoms with van der Waals surface area (Å²) in [5.74, 6) is 0. The van der Waals surface area contributed by atoms with Gasteiger partial charge in [0.15, 0.2) is 0 Å². The monoisotopic (exact) mass is 360 g/mol. The molecule has 0 bridgehead atoms. The van der Waals surface area contributed by atoms with Crippen LogP contribution < -0.4 is 5.73 Å². The minimum absolute atomic E-state index is 0.0729. The van der Waals surface area contributed by atoms with Crippen molar-refractivity contribution in [1.29, 1.82) is 0 Å². The predicted octanol–water partition coefficient (Wildman–Crippen LogP) is 2.73. The third-order valence-corrected chi connectivity index (χ3v) is 6.38. The maximum atomic E-state index is 12.8. The van der Waals surface area contributed by atoms with Gasteiger partial charge in [-0.2, -0.15) is 4.31 Å². The second-order valence-corrected chi connectivity index (χ2v) is 8.04. The van der Waals surface area contributed by atoms with Gasteiger partial charge in [0.05, 0.1) is 4.90 Å². The van der Waals surface area contributed by atoms with Crippen LogP contribution in [0.15, 0.2) is 33.6 Å². The van der Waals surface area contributed by atoms with Crippen molar-refractivity contribution in [2.24, 2.45) is 5.73 Å². The smallest absolute Gasteiger partial charge is 0.243 e. The minimum Gasteiger partial charge on any atom is -0.328 e. The van der Waals surface area contributed by atoms with Gasteiger partial charge in [-0.1, -0.05) is 28.9 Å². The molecule has 1 aromatic rings. The van der Waals surface area contributed by atoms with E-state index in [9.17, 15) is 8.42 Å². The van der Waals surface area contributed by atoms with Gasteiger partial charge >= 0.3 is 0 Å². The van der Waals surface area contributed by atoms with Gasteiger partial charge in [-0.3, -0.25) is 0 Å². The van der Waals surface area contributed by atoms with Crippen LogP contribution in [-0.2, 0) is 10.0 Å². The molecule has 0 atom stereocenters. The lowest BCUT2D eigenvalue weighted by Crippen LogP contribution is -2.44. The molecular formula is C14H21BrN2O2S. The standard InChI is InChI=1S/C14H21BrN2O2S/c1-2-17(13-8-6-12(16)7-9-13)20(18,19)14-5-3-4-11(15)10-14/h3-5,10,12-13H,2,6-9,16H2,1H3. The average Bonchev–Trinajstić information content (AvgIpc) is 2.41. The zero-order valence-corrected chi connectivity index (χ0v) is 14.0. The van der Waals surface area contributed by atoms with Crippen molar-refractivity contribution in [3.05, 3.63) is 28.7 Å². The van der Waals surface area contributed by atoms with Crippen LogP contribution in [0.2, 0.25) is 0 Å². The number of halogens is 1. The fraction of sp³-hybridized carbons (Fsp3) is 0.571. The van der Waals surface area contributed by atoms with Gasteiger partial charge in [-0.05, 0) is 43.9 Å². The second kappa shape index (κ2) is 6.56. The number of nitrogens with zero attached hydrogens (tertiary/aromatic N) is 1. The summed E-state index contributed by atoms with van der Waals surface area (Å²) in [6, 6.07) is 7.18. The Hall–Kier alpha value is -0.430. The van der Waals surface area contributed by atoms with Crippen LogP contribution in [0.25, 0.3) is 0 Å². The van der Waals surface area contributed by atoms with E-state index in [1.165, 1.54) is 0 Å². The van der Waals surface area contributed by atoms with Gasteiger partial charge in [-0.25, -0.2) is 8.42 Å². The van der Waals surface area contributed by atoms with Crippen molar-refractivity contribution in [2.45, 2.75) is 49.6 Å². The molecule has 112 valence electrons. The van der Waals surface area contributed by atoms with Crippen LogP contribution >= 0.6 is 15.9 Å². The fourth-order valence-electron chi connectivity index (χ4n) is 2.78. The third-order valence-electron chi connectivity index (χ3n) is 3.86. The first-order valence-corrected chi connectivity index (χ1v) is 9.21. The van der Waals surface area contributed by atoms with Crippen LogP contribution in [-0.4, -0.2) is 31.4 Å². The van der Waals surface area contributed by atoms with Gasteiger partial charge in [0.25, 0.3) is 0 Å². The molecule has 1 aromatic carbocycles. The van der Waals surface area contributed by atoms with E-state index in [-0.39, 0.29) is 12.1 Å². The summed E-state index contributed by atoms with van der Waals surface area (Å²) < 4.78 is 27.9. The molecule has 20 heavy (non-hydrogen) atoms. The molecular weight excluding hydrogens is 340 g/mol. The Bertz CT molecular complexity index is 554. The molecule has 0 radical (unpaired) electrons. The zero-order valence-electron chi connectivity index (χ0n) is 11.6. The third kappa shape index (κ3) is 3.42. The van der Waals surface area contributed by atoms with E-state index in [0.29, 0.717) is 11.4 Å². The first-order chi connectivity index (χ1) is 9.45. The molecule has 0 amide bonds. The van der Waals surface area contributed by atoms with Crippen LogP contribution in [0.3, 0.4) is 0 Å². The molecule has 0 aliphatic heterocycles. The van der Waals surface area contributed by atoms with E-state index in [2.05, 4.69) is 15.9 Å². The summed E-state index contributed by atoms with van der Waals surface area (Å²) in [5.41, 5.74) is 5.90. The van der Waals surface area contributed by atoms with Crippen molar-refractivity contribution in [2.75, 3.05) is 6.54 Å². The Labute approximate surface area is 129 Å². The maximum Gasteiger partial charge on any atom is 0.243 e. The fourth-order valence-corrected chi connectivity index (χ4v) is 5.07. The largest absolute Gasteiger partial charge is 0.328 e. The zero-order chi connectivity index (χ0) is 14.8. The van der Waals surface area contributed by atoms with Gasteiger partial charge in [0.2, 0.25) is 10.0 Å². The quantitative estimate of drug-likeness (QED) is 0.897. The lowest BCUT2D eigenvalue weighted by atomic mass is 9.92. The SMILES string of the molecule is CCN(C1CCC(N)CC1)S(=O)(=O)c1cccc(Br)c1. The van der Waals surface area contributed by atoms with Crippen LogP contribution in [0, 0.1) is 0 Å². The molecule has 6 heteroatoms. The van der Waals surface area contributed by atoms with Gasteiger partial charge in [0.1, 0.15) is 0 Å². The highest BCUT2D eigenvalue weighted by atomic mass is 79.9. The highest BCUT2D eigenvalue weighted by molar-refractivity contribution is 9.10. The number of nitrogens with two attached hydrogens (primary N) is 1. The van der Waals surface area contributed by atoms with Gasteiger partial charge < -0.3 is 5.73 Å². The number of sulfonamides is 1. The summed E-state index contributed by atoms with van der Waals surface area (Å²) in [7, 11) is -3.43. The van der Waals surface area contributed by atoms with E-state index in [1.807, 2.05) is 13.0 Å². The Morgan fingerprint density at radius 2 is 1.95 bits per heavy atom. The highest BCUT2D eigenvalue weighted by Crippen LogP contribution is 2.28. The minimum atomic E-state index is -3.43. The number of hydrogen-bond acceptors (Lipinski definition) is 3. The molecule has 0 aromatic heterocycles. The number of benzene rings is 1. The molecule has 0 unspecified atom stereocenters. The molecule has 1 aliphatic rings. The molecule has 0 spiro atoms. The van der Waals surface area contributed by atoms with Gasteiger partial charge in [0, 0.05) is 23.1 Å². The predicted molar refractivity (Wildman–Crippen MR) is 83.9 cm³/mol. The summed E-state index contributed by atoms with van der Waals surface area (Å²) in [6.07, 6.45) is 3.49. The molecule has 1 aliphatic carbocycles. The molecule has 4 nitrogen and oxygen atoms in total. The molecule has 2 N–H and O–H groups in total. The molecule has 1 fully saturated rings. The second-order valence-electron chi connectivity index (χ2n) is 5.23. The number of hydrogen-bond donors (Lipinski definition) is 1. The number of rotatable bonds is 4. The van der Waals surface area contributed by atoms with E-state index < -0.39 is 10.0 Å². The summed E-state index contributed by atoms with van der Waals surface area (Å²) >= 11 is 3.33.